The average Bonchev–Trinajstić information content (AvgIpc) is 2.00. The van der Waals surface area contributed by atoms with Crippen LogP contribution in [0.15, 0.2) is 0 Å². The molecule has 1 amide bonds. The molecule has 0 spiro atoms. The number of carbonyl (C=O) groups is 2. The number of aliphatic carboxylic acids is 1. The first kappa shape index (κ1) is 10.9. The van der Waals surface area contributed by atoms with Crippen LogP contribution in [-0.4, -0.2) is 36.1 Å². The van der Waals surface area contributed by atoms with Crippen LogP contribution < -0.4 is 10.6 Å². The molecule has 0 aliphatic rings. The fourth-order valence-corrected chi connectivity index (χ4v) is 0.593. The zero-order valence-corrected chi connectivity index (χ0v) is 7.26. The van der Waals surface area contributed by atoms with Gasteiger partial charge in [0.15, 0.2) is 0 Å². The van der Waals surface area contributed by atoms with E-state index in [1.807, 2.05) is 6.92 Å². The second-order valence-corrected chi connectivity index (χ2v) is 2.41. The van der Waals surface area contributed by atoms with Crippen LogP contribution >= 0.6 is 0 Å². The molecule has 0 aliphatic heterocycles. The monoisotopic (exact) mass is 174 g/mol. The zero-order valence-electron chi connectivity index (χ0n) is 7.26. The van der Waals surface area contributed by atoms with Crippen LogP contribution in [0, 0.1) is 0 Å². The van der Waals surface area contributed by atoms with Gasteiger partial charge in [0.2, 0.25) is 5.91 Å². The summed E-state index contributed by atoms with van der Waals surface area (Å²) < 4.78 is 0. The van der Waals surface area contributed by atoms with E-state index in [0.717, 1.165) is 0 Å². The molecule has 70 valence electrons. The van der Waals surface area contributed by atoms with Crippen LogP contribution in [0.1, 0.15) is 13.8 Å². The molecule has 3 N–H and O–H groups in total. The third kappa shape index (κ3) is 4.68. The topological polar surface area (TPSA) is 78.4 Å². The van der Waals surface area contributed by atoms with E-state index in [2.05, 4.69) is 10.6 Å². The highest BCUT2D eigenvalue weighted by Gasteiger charge is 2.12. The molecule has 0 aromatic carbocycles. The molecule has 5 nitrogen and oxygen atoms in total. The standard InChI is InChI=1S/C7H14N2O3/c1-3-8-4-6(10)9-5(2)7(11)12/h5,8H,3-4H2,1-2H3,(H,9,10)(H,11,12)/t5-/m1/s1. The highest BCUT2D eigenvalue weighted by atomic mass is 16.4. The van der Waals surface area contributed by atoms with Crippen molar-refractivity contribution in [1.82, 2.24) is 10.6 Å². The molecule has 0 heterocycles. The maximum absolute atomic E-state index is 10.9. The number of carboxylic acid groups (broad SMARTS) is 1. The summed E-state index contributed by atoms with van der Waals surface area (Å²) in [6.45, 7) is 4.14. The van der Waals surface area contributed by atoms with E-state index in [1.54, 1.807) is 0 Å². The summed E-state index contributed by atoms with van der Waals surface area (Å²) >= 11 is 0. The molecular formula is C7H14N2O3. The Morgan fingerprint density at radius 2 is 2.08 bits per heavy atom. The van der Waals surface area contributed by atoms with Crippen molar-refractivity contribution >= 4 is 11.9 Å². The number of nitrogens with one attached hydrogen (secondary N) is 2. The number of hydrogen-bond acceptors (Lipinski definition) is 3. The first-order valence-electron chi connectivity index (χ1n) is 3.80. The van der Waals surface area contributed by atoms with E-state index in [1.165, 1.54) is 6.92 Å². The van der Waals surface area contributed by atoms with Gasteiger partial charge in [0, 0.05) is 0 Å². The fraction of sp³-hybridized carbons (Fsp3) is 0.714. The third-order valence-corrected chi connectivity index (χ3v) is 1.28. The first-order chi connectivity index (χ1) is 5.57. The SMILES string of the molecule is CCNCC(=O)N[C@H](C)C(=O)O. The molecule has 12 heavy (non-hydrogen) atoms. The number of hydrogen-bond donors (Lipinski definition) is 3. The molecule has 0 rings (SSSR count). The summed E-state index contributed by atoms with van der Waals surface area (Å²) in [7, 11) is 0. The minimum atomic E-state index is -1.03. The van der Waals surface area contributed by atoms with Crippen molar-refractivity contribution in [1.29, 1.82) is 0 Å². The van der Waals surface area contributed by atoms with E-state index in [0.29, 0.717) is 6.54 Å². The molecular weight excluding hydrogens is 160 g/mol. The molecule has 0 aromatic heterocycles. The van der Waals surface area contributed by atoms with Crippen LogP contribution in [-0.2, 0) is 9.59 Å². The molecule has 0 aromatic rings. The third-order valence-electron chi connectivity index (χ3n) is 1.28. The zero-order chi connectivity index (χ0) is 9.56. The average molecular weight is 174 g/mol. The van der Waals surface area contributed by atoms with Crippen LogP contribution in [0.4, 0.5) is 0 Å². The number of rotatable bonds is 5. The molecule has 0 aliphatic carbocycles. The van der Waals surface area contributed by atoms with Gasteiger partial charge in [-0.05, 0) is 13.5 Å². The smallest absolute Gasteiger partial charge is 0.325 e. The summed E-state index contributed by atoms with van der Waals surface area (Å²) in [5.41, 5.74) is 0. The summed E-state index contributed by atoms with van der Waals surface area (Å²) in [4.78, 5) is 21.2. The van der Waals surface area contributed by atoms with Crippen molar-refractivity contribution in [2.75, 3.05) is 13.1 Å². The normalized spacial score (nSPS) is 12.2. The lowest BCUT2D eigenvalue weighted by Crippen LogP contribution is -2.42. The Bertz CT molecular complexity index is 170. The number of amides is 1. The van der Waals surface area contributed by atoms with Crippen LogP contribution in [0.5, 0.6) is 0 Å². The first-order valence-corrected chi connectivity index (χ1v) is 3.80. The molecule has 0 saturated heterocycles. The van der Waals surface area contributed by atoms with Gasteiger partial charge in [-0.25, -0.2) is 0 Å². The van der Waals surface area contributed by atoms with Gasteiger partial charge in [-0.2, -0.15) is 0 Å². The maximum Gasteiger partial charge on any atom is 0.325 e. The highest BCUT2D eigenvalue weighted by Crippen LogP contribution is 1.79. The molecule has 5 heteroatoms. The second-order valence-electron chi connectivity index (χ2n) is 2.41. The minimum absolute atomic E-state index is 0.161. The van der Waals surface area contributed by atoms with E-state index in [4.69, 9.17) is 5.11 Å². The van der Waals surface area contributed by atoms with Gasteiger partial charge in [-0.1, -0.05) is 6.92 Å². The van der Waals surface area contributed by atoms with Crippen LogP contribution in [0.2, 0.25) is 0 Å². The number of carboxylic acids is 1. The highest BCUT2D eigenvalue weighted by molar-refractivity contribution is 5.84. The van der Waals surface area contributed by atoms with E-state index in [-0.39, 0.29) is 12.5 Å². The van der Waals surface area contributed by atoms with E-state index >= 15 is 0 Å². The Morgan fingerprint density at radius 1 is 1.50 bits per heavy atom. The van der Waals surface area contributed by atoms with Crippen molar-refractivity contribution in [3.63, 3.8) is 0 Å². The summed E-state index contributed by atoms with van der Waals surface area (Å²) in [6, 6.07) is -0.823. The van der Waals surface area contributed by atoms with Crippen LogP contribution in [0.3, 0.4) is 0 Å². The van der Waals surface area contributed by atoms with Crippen molar-refractivity contribution in [3.8, 4) is 0 Å². The summed E-state index contributed by atoms with van der Waals surface area (Å²) in [5.74, 6) is -1.33. The van der Waals surface area contributed by atoms with Gasteiger partial charge < -0.3 is 15.7 Å². The van der Waals surface area contributed by atoms with Crippen molar-refractivity contribution in [2.24, 2.45) is 0 Å². The summed E-state index contributed by atoms with van der Waals surface area (Å²) in [6.07, 6.45) is 0. The Balaban J connectivity index is 3.61. The predicted molar refractivity (Wildman–Crippen MR) is 43.8 cm³/mol. The van der Waals surface area contributed by atoms with Crippen molar-refractivity contribution < 1.29 is 14.7 Å². The number of likely N-dealkylation sites (N-methyl/N-ethyl adjacent to an activating group) is 1. The Hall–Kier alpha value is -1.10. The minimum Gasteiger partial charge on any atom is -0.480 e. The molecule has 1 atom stereocenters. The molecule has 0 bridgehead atoms. The lowest BCUT2D eigenvalue weighted by molar-refractivity contribution is -0.141. The van der Waals surface area contributed by atoms with Crippen molar-refractivity contribution in [3.05, 3.63) is 0 Å². The fourth-order valence-electron chi connectivity index (χ4n) is 0.593. The van der Waals surface area contributed by atoms with Gasteiger partial charge in [0.1, 0.15) is 6.04 Å². The van der Waals surface area contributed by atoms with Gasteiger partial charge in [-0.3, -0.25) is 9.59 Å². The van der Waals surface area contributed by atoms with Gasteiger partial charge in [-0.15, -0.1) is 0 Å². The van der Waals surface area contributed by atoms with Crippen LogP contribution in [0.25, 0.3) is 0 Å². The quantitative estimate of drug-likeness (QED) is 0.509. The molecule has 0 fully saturated rings. The van der Waals surface area contributed by atoms with Gasteiger partial charge >= 0.3 is 5.97 Å². The maximum atomic E-state index is 10.9. The Labute approximate surface area is 71.1 Å². The number of carbonyl (C=O) groups excluding carboxylic acids is 1. The summed E-state index contributed by atoms with van der Waals surface area (Å²) in [5, 5.41) is 13.5. The van der Waals surface area contributed by atoms with Gasteiger partial charge in [0.05, 0.1) is 6.54 Å². The van der Waals surface area contributed by atoms with E-state index in [9.17, 15) is 9.59 Å². The molecule has 0 saturated carbocycles. The van der Waals surface area contributed by atoms with E-state index < -0.39 is 12.0 Å². The lowest BCUT2D eigenvalue weighted by atomic mass is 10.3. The largest absolute Gasteiger partial charge is 0.480 e. The lowest BCUT2D eigenvalue weighted by Gasteiger charge is -2.08. The Kier molecular flexibility index (Phi) is 5.03. The van der Waals surface area contributed by atoms with Crippen molar-refractivity contribution in [2.45, 2.75) is 19.9 Å². The second kappa shape index (κ2) is 5.54. The van der Waals surface area contributed by atoms with Gasteiger partial charge in [0.25, 0.3) is 0 Å². The molecule has 0 radical (unpaired) electrons. The molecule has 0 unspecified atom stereocenters. The predicted octanol–water partition coefficient (Wildman–Crippen LogP) is -0.815. The Morgan fingerprint density at radius 3 is 2.50 bits per heavy atom.